The van der Waals surface area contributed by atoms with E-state index in [9.17, 15) is 5.11 Å². The fourth-order valence-corrected chi connectivity index (χ4v) is 1.56. The zero-order valence-corrected chi connectivity index (χ0v) is 9.32. The Morgan fingerprint density at radius 2 is 2.23 bits per heavy atom. The van der Waals surface area contributed by atoms with E-state index >= 15 is 0 Å². The Morgan fingerprint density at radius 1 is 1.46 bits per heavy atom. The smallest absolute Gasteiger partial charge is 0.161 e. The molecule has 1 aromatic rings. The second-order valence-electron chi connectivity index (χ2n) is 3.37. The average Bonchev–Trinajstić information content (AvgIpc) is 2.90. The average molecular weight is 290 g/mol. The monoisotopic (exact) mass is 290 g/mol. The van der Waals surface area contributed by atoms with Crippen molar-refractivity contribution >= 4 is 22.6 Å². The van der Waals surface area contributed by atoms with Crippen LogP contribution in [0.25, 0.3) is 0 Å². The molecule has 1 aromatic carbocycles. The van der Waals surface area contributed by atoms with Crippen LogP contribution < -0.4 is 4.74 Å². The van der Waals surface area contributed by atoms with Crippen molar-refractivity contribution in [3.8, 4) is 11.5 Å². The van der Waals surface area contributed by atoms with Gasteiger partial charge in [-0.2, -0.15) is 0 Å². The number of benzene rings is 1. The van der Waals surface area contributed by atoms with Crippen molar-refractivity contribution in [3.05, 3.63) is 21.8 Å². The van der Waals surface area contributed by atoms with Gasteiger partial charge in [0.25, 0.3) is 0 Å². The van der Waals surface area contributed by atoms with Crippen molar-refractivity contribution in [2.75, 3.05) is 6.61 Å². The molecule has 2 rings (SSSR count). The largest absolute Gasteiger partial charge is 0.504 e. The van der Waals surface area contributed by atoms with E-state index in [0.29, 0.717) is 5.75 Å². The normalized spacial score (nSPS) is 15.8. The standard InChI is InChI=1S/C10H11IO2/c11-8-3-4-9(12)10(5-8)13-6-7-1-2-7/h3-5,7,12H,1-2,6H2. The van der Waals surface area contributed by atoms with Gasteiger partial charge in [0.2, 0.25) is 0 Å². The number of halogens is 1. The third kappa shape index (κ3) is 2.49. The van der Waals surface area contributed by atoms with Crippen LogP contribution in [0.3, 0.4) is 0 Å². The van der Waals surface area contributed by atoms with Crippen LogP contribution in [0.2, 0.25) is 0 Å². The molecule has 0 heterocycles. The third-order valence-corrected chi connectivity index (χ3v) is 2.76. The Labute approximate surface area is 91.1 Å². The van der Waals surface area contributed by atoms with E-state index in [1.165, 1.54) is 12.8 Å². The maximum absolute atomic E-state index is 9.44. The summed E-state index contributed by atoms with van der Waals surface area (Å²) in [6.45, 7) is 0.744. The van der Waals surface area contributed by atoms with Crippen molar-refractivity contribution in [2.45, 2.75) is 12.8 Å². The van der Waals surface area contributed by atoms with Gasteiger partial charge < -0.3 is 9.84 Å². The van der Waals surface area contributed by atoms with E-state index in [0.717, 1.165) is 16.1 Å². The number of ether oxygens (including phenoxy) is 1. The third-order valence-electron chi connectivity index (χ3n) is 2.09. The van der Waals surface area contributed by atoms with Crippen molar-refractivity contribution in [2.24, 2.45) is 5.92 Å². The van der Waals surface area contributed by atoms with Crippen LogP contribution in [0.4, 0.5) is 0 Å². The molecule has 1 fully saturated rings. The highest BCUT2D eigenvalue weighted by Crippen LogP contribution is 2.32. The van der Waals surface area contributed by atoms with E-state index in [2.05, 4.69) is 22.6 Å². The van der Waals surface area contributed by atoms with Gasteiger partial charge in [0.1, 0.15) is 0 Å². The summed E-state index contributed by atoms with van der Waals surface area (Å²) < 4.78 is 6.57. The highest BCUT2D eigenvalue weighted by Gasteiger charge is 2.22. The molecule has 0 bridgehead atoms. The van der Waals surface area contributed by atoms with Crippen molar-refractivity contribution in [1.82, 2.24) is 0 Å². The second kappa shape index (κ2) is 3.74. The molecule has 70 valence electrons. The Bertz CT molecular complexity index is 308. The maximum Gasteiger partial charge on any atom is 0.161 e. The summed E-state index contributed by atoms with van der Waals surface area (Å²) in [4.78, 5) is 0. The first-order valence-corrected chi connectivity index (χ1v) is 5.45. The van der Waals surface area contributed by atoms with Gasteiger partial charge in [-0.1, -0.05) is 0 Å². The molecule has 0 saturated heterocycles. The summed E-state index contributed by atoms with van der Waals surface area (Å²) in [5.41, 5.74) is 0. The van der Waals surface area contributed by atoms with Gasteiger partial charge >= 0.3 is 0 Å². The number of aromatic hydroxyl groups is 1. The molecule has 2 nitrogen and oxygen atoms in total. The molecule has 0 aromatic heterocycles. The van der Waals surface area contributed by atoms with Crippen LogP contribution in [0.1, 0.15) is 12.8 Å². The Kier molecular flexibility index (Phi) is 2.62. The molecule has 3 heteroatoms. The van der Waals surface area contributed by atoms with Gasteiger partial charge in [-0.3, -0.25) is 0 Å². The molecular formula is C10H11IO2. The van der Waals surface area contributed by atoms with Gasteiger partial charge in [-0.25, -0.2) is 0 Å². The topological polar surface area (TPSA) is 29.5 Å². The molecule has 0 unspecified atom stereocenters. The molecule has 1 aliphatic carbocycles. The van der Waals surface area contributed by atoms with Gasteiger partial charge in [0.05, 0.1) is 6.61 Å². The highest BCUT2D eigenvalue weighted by molar-refractivity contribution is 14.1. The quantitative estimate of drug-likeness (QED) is 0.867. The first-order chi connectivity index (χ1) is 6.25. The summed E-state index contributed by atoms with van der Waals surface area (Å²) in [5, 5.41) is 9.44. The van der Waals surface area contributed by atoms with Crippen molar-refractivity contribution in [1.29, 1.82) is 0 Å². The number of phenolic OH excluding ortho intramolecular Hbond substituents is 1. The molecular weight excluding hydrogens is 279 g/mol. The van der Waals surface area contributed by atoms with E-state index in [4.69, 9.17) is 4.74 Å². The second-order valence-corrected chi connectivity index (χ2v) is 4.61. The summed E-state index contributed by atoms with van der Waals surface area (Å²) in [6.07, 6.45) is 2.54. The summed E-state index contributed by atoms with van der Waals surface area (Å²) in [5.74, 6) is 1.57. The summed E-state index contributed by atoms with van der Waals surface area (Å²) in [7, 11) is 0. The predicted octanol–water partition coefficient (Wildman–Crippen LogP) is 2.79. The molecule has 0 spiro atoms. The molecule has 1 saturated carbocycles. The Morgan fingerprint density at radius 3 is 2.92 bits per heavy atom. The predicted molar refractivity (Wildman–Crippen MR) is 59.0 cm³/mol. The minimum atomic E-state index is 0.237. The van der Waals surface area contributed by atoms with E-state index in [1.54, 1.807) is 6.07 Å². The first kappa shape index (κ1) is 9.12. The van der Waals surface area contributed by atoms with Crippen LogP contribution in [0, 0.1) is 9.49 Å². The molecule has 0 radical (unpaired) electrons. The first-order valence-electron chi connectivity index (χ1n) is 4.37. The van der Waals surface area contributed by atoms with Gasteiger partial charge in [0.15, 0.2) is 11.5 Å². The highest BCUT2D eigenvalue weighted by atomic mass is 127. The molecule has 0 atom stereocenters. The lowest BCUT2D eigenvalue weighted by Gasteiger charge is -2.07. The lowest BCUT2D eigenvalue weighted by molar-refractivity contribution is 0.284. The van der Waals surface area contributed by atoms with E-state index in [1.807, 2.05) is 12.1 Å². The SMILES string of the molecule is Oc1ccc(I)cc1OCC1CC1. The van der Waals surface area contributed by atoms with Gasteiger partial charge in [0, 0.05) is 3.57 Å². The number of hydrogen-bond acceptors (Lipinski definition) is 2. The Balaban J connectivity index is 2.03. The molecule has 13 heavy (non-hydrogen) atoms. The molecule has 1 aliphatic rings. The van der Waals surface area contributed by atoms with Gasteiger partial charge in [-0.15, -0.1) is 0 Å². The fraction of sp³-hybridized carbons (Fsp3) is 0.400. The van der Waals surface area contributed by atoms with Crippen LogP contribution in [0.15, 0.2) is 18.2 Å². The van der Waals surface area contributed by atoms with E-state index in [-0.39, 0.29) is 5.75 Å². The van der Waals surface area contributed by atoms with Gasteiger partial charge in [-0.05, 0) is 59.5 Å². The molecule has 0 amide bonds. The Hall–Kier alpha value is -0.450. The minimum Gasteiger partial charge on any atom is -0.504 e. The minimum absolute atomic E-state index is 0.237. The number of hydrogen-bond donors (Lipinski definition) is 1. The van der Waals surface area contributed by atoms with Crippen LogP contribution >= 0.6 is 22.6 Å². The fourth-order valence-electron chi connectivity index (χ4n) is 1.10. The van der Waals surface area contributed by atoms with Crippen LogP contribution in [0.5, 0.6) is 11.5 Å². The number of phenols is 1. The lowest BCUT2D eigenvalue weighted by atomic mass is 10.3. The summed E-state index contributed by atoms with van der Waals surface area (Å²) >= 11 is 2.20. The zero-order chi connectivity index (χ0) is 9.26. The van der Waals surface area contributed by atoms with Crippen molar-refractivity contribution in [3.63, 3.8) is 0 Å². The van der Waals surface area contributed by atoms with E-state index < -0.39 is 0 Å². The zero-order valence-electron chi connectivity index (χ0n) is 7.16. The number of rotatable bonds is 3. The lowest BCUT2D eigenvalue weighted by Crippen LogP contribution is -1.99. The molecule has 0 aliphatic heterocycles. The van der Waals surface area contributed by atoms with Crippen LogP contribution in [-0.2, 0) is 0 Å². The van der Waals surface area contributed by atoms with Crippen molar-refractivity contribution < 1.29 is 9.84 Å². The maximum atomic E-state index is 9.44. The summed E-state index contributed by atoms with van der Waals surface area (Å²) in [6, 6.07) is 5.39. The molecule has 1 N–H and O–H groups in total. The van der Waals surface area contributed by atoms with Crippen LogP contribution in [-0.4, -0.2) is 11.7 Å².